The van der Waals surface area contributed by atoms with Crippen LogP contribution in [0.3, 0.4) is 0 Å². The summed E-state index contributed by atoms with van der Waals surface area (Å²) in [7, 11) is 0. The molecule has 0 aromatic heterocycles. The van der Waals surface area contributed by atoms with Gasteiger partial charge in [0.2, 0.25) is 0 Å². The number of nitriles is 2. The van der Waals surface area contributed by atoms with Gasteiger partial charge in [-0.15, -0.1) is 0 Å². The maximum Gasteiger partial charge on any atom is 0.122 e. The topological polar surface area (TPSA) is 56.8 Å². The summed E-state index contributed by atoms with van der Waals surface area (Å²) in [5.41, 5.74) is 3.78. The summed E-state index contributed by atoms with van der Waals surface area (Å²) >= 11 is 0. The maximum atomic E-state index is 9.33. The molecule has 22 heavy (non-hydrogen) atoms. The first-order valence-electron chi connectivity index (χ1n) is 7.24. The second kappa shape index (κ2) is 7.29. The van der Waals surface area contributed by atoms with E-state index < -0.39 is 0 Å². The summed E-state index contributed by atoms with van der Waals surface area (Å²) in [6.07, 6.45) is 0.621. The van der Waals surface area contributed by atoms with Crippen molar-refractivity contribution in [3.63, 3.8) is 0 Å². The number of rotatable bonds is 5. The summed E-state index contributed by atoms with van der Waals surface area (Å²) in [6, 6.07) is 17.6. The Labute approximate surface area is 131 Å². The third-order valence-corrected chi connectivity index (χ3v) is 3.61. The molecule has 0 bridgehead atoms. The van der Waals surface area contributed by atoms with Crippen molar-refractivity contribution in [2.24, 2.45) is 0 Å². The SMILES string of the molecule is Cc1ccc(C)c(OCCC(C#N)c2ccc(C#N)cc2)c1. The van der Waals surface area contributed by atoms with Crippen molar-refractivity contribution in [2.75, 3.05) is 6.61 Å². The molecule has 0 aliphatic carbocycles. The van der Waals surface area contributed by atoms with E-state index in [1.54, 1.807) is 12.1 Å². The van der Waals surface area contributed by atoms with Gasteiger partial charge in [-0.25, -0.2) is 0 Å². The van der Waals surface area contributed by atoms with E-state index in [-0.39, 0.29) is 5.92 Å². The molecule has 0 fully saturated rings. The fraction of sp³-hybridized carbons (Fsp3) is 0.263. The minimum atomic E-state index is -0.224. The monoisotopic (exact) mass is 290 g/mol. The Morgan fingerprint density at radius 1 is 1.05 bits per heavy atom. The van der Waals surface area contributed by atoms with Crippen LogP contribution in [-0.2, 0) is 0 Å². The zero-order chi connectivity index (χ0) is 15.9. The fourth-order valence-electron chi connectivity index (χ4n) is 2.25. The van der Waals surface area contributed by atoms with E-state index in [1.165, 1.54) is 0 Å². The average Bonchev–Trinajstić information content (AvgIpc) is 2.55. The predicted molar refractivity (Wildman–Crippen MR) is 85.5 cm³/mol. The lowest BCUT2D eigenvalue weighted by molar-refractivity contribution is 0.304. The van der Waals surface area contributed by atoms with Crippen molar-refractivity contribution in [2.45, 2.75) is 26.2 Å². The van der Waals surface area contributed by atoms with Crippen molar-refractivity contribution in [3.05, 3.63) is 64.7 Å². The van der Waals surface area contributed by atoms with Gasteiger partial charge in [-0.1, -0.05) is 24.3 Å². The predicted octanol–water partition coefficient (Wildman–Crippen LogP) is 4.25. The van der Waals surface area contributed by atoms with Crippen LogP contribution in [-0.4, -0.2) is 6.61 Å². The van der Waals surface area contributed by atoms with Crippen molar-refractivity contribution >= 4 is 0 Å². The summed E-state index contributed by atoms with van der Waals surface area (Å²) in [4.78, 5) is 0. The molecule has 1 atom stereocenters. The highest BCUT2D eigenvalue weighted by molar-refractivity contribution is 5.36. The van der Waals surface area contributed by atoms with Crippen LogP contribution in [0.4, 0.5) is 0 Å². The van der Waals surface area contributed by atoms with Crippen LogP contribution >= 0.6 is 0 Å². The zero-order valence-corrected chi connectivity index (χ0v) is 12.8. The number of ether oxygens (including phenoxy) is 1. The molecule has 2 rings (SSSR count). The first kappa shape index (κ1) is 15.6. The quantitative estimate of drug-likeness (QED) is 0.827. The smallest absolute Gasteiger partial charge is 0.122 e. The van der Waals surface area contributed by atoms with E-state index in [1.807, 2.05) is 38.1 Å². The molecule has 0 amide bonds. The summed E-state index contributed by atoms with van der Waals surface area (Å²) < 4.78 is 5.81. The Hall–Kier alpha value is -2.78. The minimum Gasteiger partial charge on any atom is -0.493 e. The standard InChI is InChI=1S/C19H18N2O/c1-14-3-4-15(2)19(11-14)22-10-9-18(13-21)17-7-5-16(12-20)6-8-17/h3-8,11,18H,9-10H2,1-2H3. The van der Waals surface area contributed by atoms with Gasteiger partial charge in [0.1, 0.15) is 5.75 Å². The maximum absolute atomic E-state index is 9.33. The van der Waals surface area contributed by atoms with E-state index in [9.17, 15) is 5.26 Å². The van der Waals surface area contributed by atoms with Gasteiger partial charge in [0.05, 0.1) is 30.2 Å². The molecule has 0 heterocycles. The lowest BCUT2D eigenvalue weighted by Crippen LogP contribution is -2.05. The van der Waals surface area contributed by atoms with Crippen LogP contribution in [0.2, 0.25) is 0 Å². The second-order valence-electron chi connectivity index (χ2n) is 5.32. The minimum absolute atomic E-state index is 0.224. The molecule has 1 unspecified atom stereocenters. The van der Waals surface area contributed by atoms with E-state index in [0.29, 0.717) is 18.6 Å². The number of benzene rings is 2. The van der Waals surface area contributed by atoms with Gasteiger partial charge in [-0.05, 0) is 48.7 Å². The molecule has 0 spiro atoms. The first-order chi connectivity index (χ1) is 10.6. The fourth-order valence-corrected chi connectivity index (χ4v) is 2.25. The molecule has 0 saturated carbocycles. The Morgan fingerprint density at radius 2 is 1.77 bits per heavy atom. The second-order valence-corrected chi connectivity index (χ2v) is 5.32. The van der Waals surface area contributed by atoms with Crippen LogP contribution in [0, 0.1) is 36.5 Å². The summed E-state index contributed by atoms with van der Waals surface area (Å²) in [5.74, 6) is 0.648. The zero-order valence-electron chi connectivity index (χ0n) is 12.8. The lowest BCUT2D eigenvalue weighted by atomic mass is 9.97. The number of aryl methyl sites for hydroxylation is 2. The van der Waals surface area contributed by atoms with E-state index >= 15 is 0 Å². The molecule has 110 valence electrons. The van der Waals surface area contributed by atoms with Crippen molar-refractivity contribution < 1.29 is 4.74 Å². The number of nitrogens with zero attached hydrogens (tertiary/aromatic N) is 2. The summed E-state index contributed by atoms with van der Waals surface area (Å²) in [6.45, 7) is 4.53. The van der Waals surface area contributed by atoms with E-state index in [4.69, 9.17) is 10.00 Å². The molecule has 0 aliphatic heterocycles. The normalized spacial score (nSPS) is 11.3. The van der Waals surface area contributed by atoms with Crippen LogP contribution in [0.5, 0.6) is 5.75 Å². The van der Waals surface area contributed by atoms with Crippen LogP contribution in [0.25, 0.3) is 0 Å². The molecule has 2 aromatic rings. The molecule has 3 heteroatoms. The van der Waals surface area contributed by atoms with Gasteiger partial charge in [-0.2, -0.15) is 10.5 Å². The van der Waals surface area contributed by atoms with Gasteiger partial charge in [0, 0.05) is 6.42 Å². The molecule has 2 aromatic carbocycles. The number of hydrogen-bond acceptors (Lipinski definition) is 3. The first-order valence-corrected chi connectivity index (χ1v) is 7.24. The largest absolute Gasteiger partial charge is 0.493 e. The van der Waals surface area contributed by atoms with Crippen molar-refractivity contribution in [1.29, 1.82) is 10.5 Å². The molecular weight excluding hydrogens is 272 g/mol. The summed E-state index contributed by atoms with van der Waals surface area (Å²) in [5, 5.41) is 18.1. The van der Waals surface area contributed by atoms with E-state index in [0.717, 1.165) is 22.4 Å². The molecule has 0 N–H and O–H groups in total. The Bertz CT molecular complexity index is 721. The Morgan fingerprint density at radius 3 is 2.41 bits per heavy atom. The highest BCUT2D eigenvalue weighted by Crippen LogP contribution is 2.22. The third kappa shape index (κ3) is 3.87. The Kier molecular flexibility index (Phi) is 5.17. The third-order valence-electron chi connectivity index (χ3n) is 3.61. The highest BCUT2D eigenvalue weighted by atomic mass is 16.5. The number of hydrogen-bond donors (Lipinski definition) is 0. The van der Waals surface area contributed by atoms with Gasteiger partial charge < -0.3 is 4.74 Å². The van der Waals surface area contributed by atoms with Crippen molar-refractivity contribution in [3.8, 4) is 17.9 Å². The average molecular weight is 290 g/mol. The Balaban J connectivity index is 1.98. The molecule has 0 saturated heterocycles. The van der Waals surface area contributed by atoms with Gasteiger partial charge in [0.15, 0.2) is 0 Å². The van der Waals surface area contributed by atoms with Crippen LogP contribution in [0.1, 0.15) is 34.6 Å². The van der Waals surface area contributed by atoms with Crippen LogP contribution in [0.15, 0.2) is 42.5 Å². The molecule has 0 radical (unpaired) electrons. The van der Waals surface area contributed by atoms with Crippen molar-refractivity contribution in [1.82, 2.24) is 0 Å². The lowest BCUT2D eigenvalue weighted by Gasteiger charge is -2.13. The molecule has 0 aliphatic rings. The molecular formula is C19H18N2O. The van der Waals surface area contributed by atoms with E-state index in [2.05, 4.69) is 18.2 Å². The molecule has 3 nitrogen and oxygen atoms in total. The van der Waals surface area contributed by atoms with Gasteiger partial charge in [-0.3, -0.25) is 0 Å². The van der Waals surface area contributed by atoms with Gasteiger partial charge in [0.25, 0.3) is 0 Å². The highest BCUT2D eigenvalue weighted by Gasteiger charge is 2.11. The van der Waals surface area contributed by atoms with Gasteiger partial charge >= 0.3 is 0 Å². The van der Waals surface area contributed by atoms with Crippen LogP contribution < -0.4 is 4.74 Å².